The van der Waals surface area contributed by atoms with E-state index in [0.717, 1.165) is 0 Å². The third kappa shape index (κ3) is 3.53. The number of benzene rings is 1. The number of hydrogen-bond donors (Lipinski definition) is 1. The first-order valence-electron chi connectivity index (χ1n) is 3.97. The Bertz CT molecular complexity index is 340. The van der Waals surface area contributed by atoms with Gasteiger partial charge in [0.05, 0.1) is 6.20 Å². The first-order valence-corrected chi connectivity index (χ1v) is 3.97. The van der Waals surface area contributed by atoms with Crippen LogP contribution >= 0.6 is 0 Å². The number of oxazole rings is 1. The number of nitrogens with zero attached hydrogens (tertiary/aromatic N) is 1. The smallest absolute Gasteiger partial charge is 0.248 e. The van der Waals surface area contributed by atoms with E-state index in [4.69, 9.17) is 5.73 Å². The van der Waals surface area contributed by atoms with E-state index in [1.165, 1.54) is 12.7 Å². The van der Waals surface area contributed by atoms with Crippen molar-refractivity contribution in [3.63, 3.8) is 0 Å². The lowest BCUT2D eigenvalue weighted by Gasteiger charge is -1.89. The van der Waals surface area contributed by atoms with Crippen LogP contribution in [0.3, 0.4) is 0 Å². The largest absolute Gasteiger partial charge is 0.452 e. The third-order valence-electron chi connectivity index (χ3n) is 1.41. The van der Waals surface area contributed by atoms with Crippen LogP contribution in [0.2, 0.25) is 0 Å². The molecule has 0 radical (unpaired) electrons. The molecule has 0 aliphatic heterocycles. The minimum atomic E-state index is -0.379. The summed E-state index contributed by atoms with van der Waals surface area (Å²) in [6.45, 7) is 0. The van der Waals surface area contributed by atoms with E-state index in [-0.39, 0.29) is 5.91 Å². The van der Waals surface area contributed by atoms with Gasteiger partial charge in [0.25, 0.3) is 0 Å². The lowest BCUT2D eigenvalue weighted by molar-refractivity contribution is 0.100. The standard InChI is InChI=1S/C7H7NO.C3H3NO/c8-7(9)6-4-2-1-3-5-6;1-2-5-3-4-1/h1-5H,(H2,8,9);1-3H. The van der Waals surface area contributed by atoms with Gasteiger partial charge in [-0.2, -0.15) is 0 Å². The summed E-state index contributed by atoms with van der Waals surface area (Å²) in [5, 5.41) is 0. The van der Waals surface area contributed by atoms with Crippen molar-refractivity contribution >= 4 is 5.91 Å². The lowest BCUT2D eigenvalue weighted by atomic mass is 10.2. The van der Waals surface area contributed by atoms with Gasteiger partial charge in [-0.25, -0.2) is 4.98 Å². The van der Waals surface area contributed by atoms with Crippen molar-refractivity contribution in [2.45, 2.75) is 0 Å². The first kappa shape index (κ1) is 9.98. The molecule has 0 saturated heterocycles. The van der Waals surface area contributed by atoms with E-state index in [2.05, 4.69) is 9.40 Å². The zero-order valence-electron chi connectivity index (χ0n) is 7.46. The fourth-order valence-electron chi connectivity index (χ4n) is 0.778. The van der Waals surface area contributed by atoms with Gasteiger partial charge in [-0.05, 0) is 12.1 Å². The number of hydrogen-bond acceptors (Lipinski definition) is 3. The number of primary amides is 1. The van der Waals surface area contributed by atoms with Crippen LogP contribution in [0.5, 0.6) is 0 Å². The average molecular weight is 190 g/mol. The highest BCUT2D eigenvalue weighted by Gasteiger charge is 1.93. The van der Waals surface area contributed by atoms with Gasteiger partial charge in [-0.3, -0.25) is 4.79 Å². The Balaban J connectivity index is 0.000000165. The lowest BCUT2D eigenvalue weighted by Crippen LogP contribution is -2.09. The predicted octanol–water partition coefficient (Wildman–Crippen LogP) is 1.46. The fraction of sp³-hybridized carbons (Fsp3) is 0. The highest BCUT2D eigenvalue weighted by atomic mass is 16.3. The molecule has 0 spiro atoms. The Morgan fingerprint density at radius 3 is 2.29 bits per heavy atom. The van der Waals surface area contributed by atoms with Crippen molar-refractivity contribution in [1.29, 1.82) is 0 Å². The molecular formula is C10H10N2O2. The Morgan fingerprint density at radius 2 is 2.00 bits per heavy atom. The van der Waals surface area contributed by atoms with Crippen molar-refractivity contribution < 1.29 is 9.21 Å². The van der Waals surface area contributed by atoms with E-state index in [0.29, 0.717) is 5.56 Å². The van der Waals surface area contributed by atoms with Gasteiger partial charge >= 0.3 is 0 Å². The van der Waals surface area contributed by atoms with E-state index in [9.17, 15) is 4.79 Å². The maximum absolute atomic E-state index is 10.4. The molecule has 4 heteroatoms. The summed E-state index contributed by atoms with van der Waals surface area (Å²) in [6.07, 6.45) is 4.47. The summed E-state index contributed by atoms with van der Waals surface area (Å²) in [7, 11) is 0. The molecule has 2 aromatic rings. The second-order valence-electron chi connectivity index (χ2n) is 2.41. The van der Waals surface area contributed by atoms with Gasteiger partial charge in [0, 0.05) is 5.56 Å². The summed E-state index contributed by atoms with van der Waals surface area (Å²) in [4.78, 5) is 14.0. The molecule has 14 heavy (non-hydrogen) atoms. The Kier molecular flexibility index (Phi) is 3.94. The number of amides is 1. The number of carbonyl (C=O) groups excluding carboxylic acids is 1. The molecule has 0 unspecified atom stereocenters. The van der Waals surface area contributed by atoms with Gasteiger partial charge in [-0.1, -0.05) is 18.2 Å². The van der Waals surface area contributed by atoms with Gasteiger partial charge in [0.2, 0.25) is 5.91 Å². The van der Waals surface area contributed by atoms with Crippen LogP contribution in [0.1, 0.15) is 10.4 Å². The summed E-state index contributed by atoms with van der Waals surface area (Å²) in [5.41, 5.74) is 5.53. The van der Waals surface area contributed by atoms with Crippen LogP contribution < -0.4 is 5.73 Å². The number of aromatic nitrogens is 1. The molecule has 2 N–H and O–H groups in total. The molecule has 0 saturated carbocycles. The van der Waals surface area contributed by atoms with Gasteiger partial charge < -0.3 is 10.2 Å². The maximum Gasteiger partial charge on any atom is 0.248 e. The molecule has 72 valence electrons. The van der Waals surface area contributed by atoms with Crippen molar-refractivity contribution in [3.8, 4) is 0 Å². The number of nitrogens with two attached hydrogens (primary N) is 1. The normalized spacial score (nSPS) is 8.57. The minimum Gasteiger partial charge on any atom is -0.452 e. The van der Waals surface area contributed by atoms with Gasteiger partial charge in [0.1, 0.15) is 6.26 Å². The SMILES string of the molecule is NC(=O)c1ccccc1.c1cocn1. The topological polar surface area (TPSA) is 69.1 Å². The summed E-state index contributed by atoms with van der Waals surface area (Å²) in [5.74, 6) is -0.379. The van der Waals surface area contributed by atoms with E-state index < -0.39 is 0 Å². The molecule has 1 aromatic carbocycles. The molecule has 0 aliphatic carbocycles. The van der Waals surface area contributed by atoms with Crippen LogP contribution in [0, 0.1) is 0 Å². The zero-order chi connectivity index (χ0) is 10.2. The second-order valence-corrected chi connectivity index (χ2v) is 2.41. The number of rotatable bonds is 1. The van der Waals surface area contributed by atoms with Crippen LogP contribution in [-0.4, -0.2) is 10.9 Å². The number of carbonyl (C=O) groups is 1. The highest BCUT2D eigenvalue weighted by molar-refractivity contribution is 5.92. The van der Waals surface area contributed by atoms with Crippen molar-refractivity contribution in [3.05, 3.63) is 54.7 Å². The molecule has 1 aromatic heterocycles. The van der Waals surface area contributed by atoms with E-state index >= 15 is 0 Å². The molecule has 1 heterocycles. The maximum atomic E-state index is 10.4. The molecule has 1 amide bonds. The fourth-order valence-corrected chi connectivity index (χ4v) is 0.778. The van der Waals surface area contributed by atoms with Crippen LogP contribution in [-0.2, 0) is 0 Å². The summed E-state index contributed by atoms with van der Waals surface area (Å²) < 4.78 is 4.47. The quantitative estimate of drug-likeness (QED) is 0.740. The second kappa shape index (κ2) is 5.53. The first-order chi connectivity index (χ1) is 6.80. The van der Waals surface area contributed by atoms with Crippen LogP contribution in [0.25, 0.3) is 0 Å². The van der Waals surface area contributed by atoms with E-state index in [1.807, 2.05) is 6.07 Å². The highest BCUT2D eigenvalue weighted by Crippen LogP contribution is 1.94. The van der Waals surface area contributed by atoms with E-state index in [1.54, 1.807) is 30.5 Å². The Morgan fingerprint density at radius 1 is 1.29 bits per heavy atom. The van der Waals surface area contributed by atoms with Crippen LogP contribution in [0.15, 0.2) is 53.6 Å². The molecule has 0 fully saturated rings. The molecule has 2 rings (SSSR count). The summed E-state index contributed by atoms with van der Waals surface area (Å²) >= 11 is 0. The zero-order valence-corrected chi connectivity index (χ0v) is 7.46. The predicted molar refractivity (Wildman–Crippen MR) is 51.5 cm³/mol. The van der Waals surface area contributed by atoms with Gasteiger partial charge in [0.15, 0.2) is 6.39 Å². The molecular weight excluding hydrogens is 180 g/mol. The van der Waals surface area contributed by atoms with Gasteiger partial charge in [-0.15, -0.1) is 0 Å². The van der Waals surface area contributed by atoms with Crippen LogP contribution in [0.4, 0.5) is 0 Å². The van der Waals surface area contributed by atoms with Crippen molar-refractivity contribution in [2.75, 3.05) is 0 Å². The minimum absolute atomic E-state index is 0.379. The Hall–Kier alpha value is -2.10. The monoisotopic (exact) mass is 190 g/mol. The third-order valence-corrected chi connectivity index (χ3v) is 1.41. The average Bonchev–Trinajstić information content (AvgIpc) is 2.77. The molecule has 0 bridgehead atoms. The summed E-state index contributed by atoms with van der Waals surface area (Å²) in [6, 6.07) is 8.76. The molecule has 0 aliphatic rings. The van der Waals surface area contributed by atoms with Crippen molar-refractivity contribution in [1.82, 2.24) is 4.98 Å². The molecule has 4 nitrogen and oxygen atoms in total. The Labute approximate surface area is 81.4 Å². The molecule has 0 atom stereocenters. The van der Waals surface area contributed by atoms with Crippen molar-refractivity contribution in [2.24, 2.45) is 5.73 Å².